The fourth-order valence-corrected chi connectivity index (χ4v) is 2.91. The third-order valence-electron chi connectivity index (χ3n) is 3.22. The molecule has 0 radical (unpaired) electrons. The first-order valence-corrected chi connectivity index (χ1v) is 7.94. The van der Waals surface area contributed by atoms with E-state index in [1.54, 1.807) is 22.9 Å². The molecule has 0 spiro atoms. The van der Waals surface area contributed by atoms with Gasteiger partial charge in [-0.25, -0.2) is 9.97 Å². The van der Waals surface area contributed by atoms with Crippen LogP contribution in [0.1, 0.15) is 5.56 Å². The lowest BCUT2D eigenvalue weighted by Gasteiger charge is -2.12. The van der Waals surface area contributed by atoms with E-state index in [-0.39, 0.29) is 11.3 Å². The number of benzene rings is 1. The average molecular weight is 326 g/mol. The second kappa shape index (κ2) is 6.62. The van der Waals surface area contributed by atoms with Gasteiger partial charge >= 0.3 is 0 Å². The summed E-state index contributed by atoms with van der Waals surface area (Å²) in [5.74, 6) is -0.406. The van der Waals surface area contributed by atoms with Crippen LogP contribution < -0.4 is 11.3 Å². The van der Waals surface area contributed by atoms with E-state index in [2.05, 4.69) is 9.97 Å². The van der Waals surface area contributed by atoms with Crippen molar-refractivity contribution in [3.05, 3.63) is 64.6 Å². The highest BCUT2D eigenvalue weighted by Crippen LogP contribution is 2.17. The highest BCUT2D eigenvalue weighted by Gasteiger charge is 2.13. The minimum absolute atomic E-state index is 0.0551. The molecule has 2 N–H and O–H groups in total. The van der Waals surface area contributed by atoms with Crippen LogP contribution in [0.2, 0.25) is 0 Å². The molecule has 1 aromatic carbocycles. The lowest BCUT2D eigenvalue weighted by molar-refractivity contribution is -0.115. The van der Waals surface area contributed by atoms with Crippen molar-refractivity contribution in [3.8, 4) is 0 Å². The maximum atomic E-state index is 12.8. The van der Waals surface area contributed by atoms with Crippen LogP contribution in [0.4, 0.5) is 0 Å². The van der Waals surface area contributed by atoms with Crippen LogP contribution in [0, 0.1) is 0 Å². The van der Waals surface area contributed by atoms with Crippen molar-refractivity contribution in [2.75, 3.05) is 5.75 Å². The van der Waals surface area contributed by atoms with E-state index in [1.165, 1.54) is 0 Å². The van der Waals surface area contributed by atoms with Crippen molar-refractivity contribution < 1.29 is 4.79 Å². The molecule has 3 aromatic rings. The van der Waals surface area contributed by atoms with Gasteiger partial charge in [-0.1, -0.05) is 42.1 Å². The molecular formula is C16H14N4O2S. The van der Waals surface area contributed by atoms with Gasteiger partial charge < -0.3 is 5.73 Å². The summed E-state index contributed by atoms with van der Waals surface area (Å²) in [5, 5.41) is 0.885. The third kappa shape index (κ3) is 3.40. The van der Waals surface area contributed by atoms with Crippen LogP contribution in [-0.2, 0) is 11.3 Å². The summed E-state index contributed by atoms with van der Waals surface area (Å²) in [4.78, 5) is 32.3. The molecule has 23 heavy (non-hydrogen) atoms. The largest absolute Gasteiger partial charge is 0.369 e. The van der Waals surface area contributed by atoms with Crippen molar-refractivity contribution in [2.45, 2.75) is 11.7 Å². The number of aromatic nitrogens is 3. The Morgan fingerprint density at radius 3 is 2.70 bits per heavy atom. The molecular weight excluding hydrogens is 312 g/mol. The van der Waals surface area contributed by atoms with Crippen molar-refractivity contribution >= 4 is 28.7 Å². The number of fused-ring (bicyclic) bond motifs is 1. The Morgan fingerprint density at radius 2 is 1.96 bits per heavy atom. The monoisotopic (exact) mass is 326 g/mol. The van der Waals surface area contributed by atoms with Gasteiger partial charge in [0.05, 0.1) is 17.7 Å². The zero-order valence-corrected chi connectivity index (χ0v) is 13.0. The predicted molar refractivity (Wildman–Crippen MR) is 89.3 cm³/mol. The van der Waals surface area contributed by atoms with Gasteiger partial charge in [-0.05, 0) is 17.7 Å². The summed E-state index contributed by atoms with van der Waals surface area (Å²) in [7, 11) is 0. The predicted octanol–water partition coefficient (Wildman–Crippen LogP) is 1.42. The number of nitrogens with zero attached hydrogens (tertiary/aromatic N) is 3. The smallest absolute Gasteiger partial charge is 0.263 e. The number of thioether (sulfide) groups is 1. The number of pyridine rings is 1. The molecule has 0 saturated carbocycles. The molecule has 6 nitrogen and oxygen atoms in total. The van der Waals surface area contributed by atoms with Crippen LogP contribution in [0.25, 0.3) is 11.0 Å². The summed E-state index contributed by atoms with van der Waals surface area (Å²) in [6.45, 7) is 0.374. The van der Waals surface area contributed by atoms with E-state index in [0.29, 0.717) is 22.7 Å². The van der Waals surface area contributed by atoms with Gasteiger partial charge in [0.1, 0.15) is 0 Å². The van der Waals surface area contributed by atoms with E-state index in [4.69, 9.17) is 5.73 Å². The zero-order valence-electron chi connectivity index (χ0n) is 12.2. The first-order valence-electron chi connectivity index (χ1n) is 6.96. The summed E-state index contributed by atoms with van der Waals surface area (Å²) in [5.41, 5.74) is 6.36. The van der Waals surface area contributed by atoms with Gasteiger partial charge in [-0.2, -0.15) is 0 Å². The van der Waals surface area contributed by atoms with Crippen molar-refractivity contribution in [1.82, 2.24) is 14.5 Å². The normalized spacial score (nSPS) is 10.8. The summed E-state index contributed by atoms with van der Waals surface area (Å²) in [6.07, 6.45) is 1.58. The quantitative estimate of drug-likeness (QED) is 0.565. The second-order valence-electron chi connectivity index (χ2n) is 4.90. The number of hydrogen-bond acceptors (Lipinski definition) is 5. The molecule has 0 atom stereocenters. The van der Waals surface area contributed by atoms with Gasteiger partial charge in [0, 0.05) is 6.20 Å². The molecule has 3 rings (SSSR count). The molecule has 0 saturated heterocycles. The van der Waals surface area contributed by atoms with Gasteiger partial charge in [0.15, 0.2) is 10.8 Å². The number of carbonyl (C=O) groups excluding carboxylic acids is 1. The first kappa shape index (κ1) is 15.2. The van der Waals surface area contributed by atoms with Crippen molar-refractivity contribution in [1.29, 1.82) is 0 Å². The Bertz CT molecular complexity index is 909. The fraction of sp³-hybridized carbons (Fsp3) is 0.125. The molecule has 0 fully saturated rings. The van der Waals surface area contributed by atoms with E-state index in [1.807, 2.05) is 30.3 Å². The standard InChI is InChI=1S/C16H14N4O2S/c17-13(21)10-23-16-19-14-12(7-4-8-18-14)15(22)20(16)9-11-5-2-1-3-6-11/h1-8H,9-10H2,(H2,17,21). The molecule has 2 heterocycles. The minimum atomic E-state index is -0.461. The molecule has 116 valence electrons. The van der Waals surface area contributed by atoms with Gasteiger partial charge in [-0.3, -0.25) is 14.2 Å². The lowest BCUT2D eigenvalue weighted by Crippen LogP contribution is -2.25. The number of carbonyl (C=O) groups is 1. The van der Waals surface area contributed by atoms with Gasteiger partial charge in [0.25, 0.3) is 5.56 Å². The van der Waals surface area contributed by atoms with E-state index in [9.17, 15) is 9.59 Å². The molecule has 0 unspecified atom stereocenters. The Kier molecular flexibility index (Phi) is 4.38. The van der Waals surface area contributed by atoms with E-state index >= 15 is 0 Å². The Morgan fingerprint density at radius 1 is 1.17 bits per heavy atom. The maximum absolute atomic E-state index is 12.8. The van der Waals surface area contributed by atoms with Crippen LogP contribution in [0.3, 0.4) is 0 Å². The Balaban J connectivity index is 2.11. The third-order valence-corrected chi connectivity index (χ3v) is 4.22. The van der Waals surface area contributed by atoms with Crippen LogP contribution in [-0.4, -0.2) is 26.2 Å². The minimum Gasteiger partial charge on any atom is -0.369 e. The number of rotatable bonds is 5. The number of nitrogens with two attached hydrogens (primary N) is 1. The average Bonchev–Trinajstić information content (AvgIpc) is 2.57. The first-order chi connectivity index (χ1) is 11.1. The summed E-state index contributed by atoms with van der Waals surface area (Å²) >= 11 is 1.14. The highest BCUT2D eigenvalue weighted by atomic mass is 32.2. The lowest BCUT2D eigenvalue weighted by atomic mass is 10.2. The zero-order chi connectivity index (χ0) is 16.2. The fourth-order valence-electron chi connectivity index (χ4n) is 2.19. The van der Waals surface area contributed by atoms with Gasteiger partial charge in [-0.15, -0.1) is 0 Å². The molecule has 0 aliphatic carbocycles. The van der Waals surface area contributed by atoms with Crippen LogP contribution >= 0.6 is 11.8 Å². The van der Waals surface area contributed by atoms with Crippen LogP contribution in [0.5, 0.6) is 0 Å². The summed E-state index contributed by atoms with van der Waals surface area (Å²) in [6, 6.07) is 13.0. The number of primary amides is 1. The van der Waals surface area contributed by atoms with E-state index in [0.717, 1.165) is 17.3 Å². The van der Waals surface area contributed by atoms with Gasteiger partial charge in [0.2, 0.25) is 5.91 Å². The highest BCUT2D eigenvalue weighted by molar-refractivity contribution is 7.99. The Labute approximate surface area is 136 Å². The molecule has 0 aliphatic heterocycles. The van der Waals surface area contributed by atoms with Crippen molar-refractivity contribution in [3.63, 3.8) is 0 Å². The molecule has 2 aromatic heterocycles. The van der Waals surface area contributed by atoms with E-state index < -0.39 is 5.91 Å². The topological polar surface area (TPSA) is 90.9 Å². The molecule has 0 bridgehead atoms. The maximum Gasteiger partial charge on any atom is 0.263 e. The number of hydrogen-bond donors (Lipinski definition) is 1. The molecule has 7 heteroatoms. The summed E-state index contributed by atoms with van der Waals surface area (Å²) < 4.78 is 1.55. The van der Waals surface area contributed by atoms with Crippen molar-refractivity contribution in [2.24, 2.45) is 5.73 Å². The Hall–Kier alpha value is -2.67. The molecule has 1 amide bonds. The van der Waals surface area contributed by atoms with Crippen LogP contribution in [0.15, 0.2) is 58.6 Å². The SMILES string of the molecule is NC(=O)CSc1nc2ncccc2c(=O)n1Cc1ccccc1. The molecule has 0 aliphatic rings. The second-order valence-corrected chi connectivity index (χ2v) is 5.84. The number of amides is 1.